The van der Waals surface area contributed by atoms with Crippen molar-refractivity contribution in [2.24, 2.45) is 11.5 Å². The molecule has 0 aromatic carbocycles. The summed E-state index contributed by atoms with van der Waals surface area (Å²) in [6.45, 7) is 2.57. The van der Waals surface area contributed by atoms with Crippen LogP contribution >= 0.6 is 11.6 Å². The minimum absolute atomic E-state index is 0.0555. The van der Waals surface area contributed by atoms with Gasteiger partial charge in [0.05, 0.1) is 0 Å². The van der Waals surface area contributed by atoms with Gasteiger partial charge < -0.3 is 11.5 Å². The molecule has 0 saturated carbocycles. The lowest BCUT2D eigenvalue weighted by molar-refractivity contribution is 0.578. The molecule has 2 nitrogen and oxygen atoms in total. The van der Waals surface area contributed by atoms with Crippen LogP contribution in [0, 0.1) is 0 Å². The monoisotopic (exact) mass is 150 g/mol. The van der Waals surface area contributed by atoms with Crippen molar-refractivity contribution in [3.05, 3.63) is 0 Å². The second kappa shape index (κ2) is 5.03. The first-order chi connectivity index (χ1) is 4.20. The third-order valence-electron chi connectivity index (χ3n) is 1.34. The summed E-state index contributed by atoms with van der Waals surface area (Å²) >= 11 is 5.73. The molecule has 0 aliphatic rings. The second-order valence-corrected chi connectivity index (χ2v) is 2.85. The summed E-state index contributed by atoms with van der Waals surface area (Å²) < 4.78 is 0. The van der Waals surface area contributed by atoms with Crippen LogP contribution in [-0.2, 0) is 0 Å². The summed E-state index contributed by atoms with van der Waals surface area (Å²) in [5.41, 5.74) is 10.9. The van der Waals surface area contributed by atoms with Crippen LogP contribution in [-0.4, -0.2) is 18.0 Å². The van der Waals surface area contributed by atoms with Crippen molar-refractivity contribution in [3.8, 4) is 0 Å². The molecule has 0 fully saturated rings. The lowest BCUT2D eigenvalue weighted by atomic mass is 10.1. The van der Waals surface area contributed by atoms with Crippen LogP contribution in [0.5, 0.6) is 0 Å². The Balaban J connectivity index is 3.22. The van der Waals surface area contributed by atoms with Gasteiger partial charge in [-0.15, -0.1) is 11.6 Å². The molecule has 3 heteroatoms. The zero-order valence-electron chi connectivity index (χ0n) is 5.81. The Morgan fingerprint density at radius 2 is 2.11 bits per heavy atom. The molecule has 0 radical (unpaired) electrons. The van der Waals surface area contributed by atoms with E-state index < -0.39 is 0 Å². The standard InChI is InChI=1S/C6H15ClN2/c1-2-6(9)3-5(7)4-8/h5-6H,2-4,8-9H2,1H3. The minimum Gasteiger partial charge on any atom is -0.329 e. The normalized spacial score (nSPS) is 17.3. The fraction of sp³-hybridized carbons (Fsp3) is 1.00. The van der Waals surface area contributed by atoms with Gasteiger partial charge in [0.1, 0.15) is 0 Å². The maximum Gasteiger partial charge on any atom is 0.0473 e. The highest BCUT2D eigenvalue weighted by atomic mass is 35.5. The van der Waals surface area contributed by atoms with E-state index in [-0.39, 0.29) is 11.4 Å². The molecule has 0 bridgehead atoms. The average Bonchev–Trinajstić information content (AvgIpc) is 1.87. The molecule has 2 atom stereocenters. The third kappa shape index (κ3) is 4.70. The molecule has 0 rings (SSSR count). The Bertz CT molecular complexity index is 60.1. The van der Waals surface area contributed by atoms with Crippen molar-refractivity contribution in [2.45, 2.75) is 31.2 Å². The van der Waals surface area contributed by atoms with Crippen LogP contribution in [0.3, 0.4) is 0 Å². The highest BCUT2D eigenvalue weighted by Crippen LogP contribution is 2.04. The predicted octanol–water partition coefficient (Wildman–Crippen LogP) is 0.680. The number of hydrogen-bond acceptors (Lipinski definition) is 2. The van der Waals surface area contributed by atoms with Gasteiger partial charge in [0.25, 0.3) is 0 Å². The molecule has 56 valence electrons. The van der Waals surface area contributed by atoms with Crippen molar-refractivity contribution < 1.29 is 0 Å². The first-order valence-corrected chi connectivity index (χ1v) is 3.74. The van der Waals surface area contributed by atoms with E-state index in [4.69, 9.17) is 23.1 Å². The molecule has 0 spiro atoms. The summed E-state index contributed by atoms with van der Waals surface area (Å²) in [4.78, 5) is 0. The topological polar surface area (TPSA) is 52.0 Å². The van der Waals surface area contributed by atoms with Crippen molar-refractivity contribution in [2.75, 3.05) is 6.54 Å². The molecule has 0 aromatic rings. The number of halogens is 1. The summed E-state index contributed by atoms with van der Waals surface area (Å²) in [6.07, 6.45) is 1.80. The van der Waals surface area contributed by atoms with Crippen molar-refractivity contribution >= 4 is 11.6 Å². The lowest BCUT2D eigenvalue weighted by Gasteiger charge is -2.11. The van der Waals surface area contributed by atoms with Crippen LogP contribution in [0.1, 0.15) is 19.8 Å². The van der Waals surface area contributed by atoms with Crippen molar-refractivity contribution in [1.82, 2.24) is 0 Å². The molecular formula is C6H15ClN2. The maximum absolute atomic E-state index is 5.73. The number of rotatable bonds is 4. The summed E-state index contributed by atoms with van der Waals surface area (Å²) in [7, 11) is 0. The van der Waals surface area contributed by atoms with Crippen LogP contribution in [0.15, 0.2) is 0 Å². The average molecular weight is 151 g/mol. The number of hydrogen-bond donors (Lipinski definition) is 2. The molecule has 9 heavy (non-hydrogen) atoms. The van der Waals surface area contributed by atoms with Gasteiger partial charge in [-0.2, -0.15) is 0 Å². The fourth-order valence-electron chi connectivity index (χ4n) is 0.591. The van der Waals surface area contributed by atoms with E-state index in [1.807, 2.05) is 6.92 Å². The van der Waals surface area contributed by atoms with Crippen LogP contribution in [0.4, 0.5) is 0 Å². The Labute approximate surface area is 61.5 Å². The minimum atomic E-state index is 0.0555. The number of nitrogens with two attached hydrogens (primary N) is 2. The van der Waals surface area contributed by atoms with E-state index in [1.54, 1.807) is 0 Å². The highest BCUT2D eigenvalue weighted by molar-refractivity contribution is 6.20. The summed E-state index contributed by atoms with van der Waals surface area (Å²) in [5, 5.41) is 0.0555. The van der Waals surface area contributed by atoms with Crippen LogP contribution in [0.2, 0.25) is 0 Å². The Morgan fingerprint density at radius 3 is 2.44 bits per heavy atom. The van der Waals surface area contributed by atoms with Gasteiger partial charge >= 0.3 is 0 Å². The zero-order valence-corrected chi connectivity index (χ0v) is 6.56. The molecule has 4 N–H and O–H groups in total. The van der Waals surface area contributed by atoms with Crippen LogP contribution < -0.4 is 11.5 Å². The van der Waals surface area contributed by atoms with E-state index in [0.29, 0.717) is 6.54 Å². The Hall–Kier alpha value is 0.210. The quantitative estimate of drug-likeness (QED) is 0.580. The van der Waals surface area contributed by atoms with Crippen LogP contribution in [0.25, 0.3) is 0 Å². The molecule has 2 unspecified atom stereocenters. The second-order valence-electron chi connectivity index (χ2n) is 2.24. The van der Waals surface area contributed by atoms with Gasteiger partial charge in [-0.1, -0.05) is 6.92 Å². The molecule has 0 aromatic heterocycles. The lowest BCUT2D eigenvalue weighted by Crippen LogP contribution is -2.26. The van der Waals surface area contributed by atoms with Gasteiger partial charge in [-0.3, -0.25) is 0 Å². The van der Waals surface area contributed by atoms with E-state index in [0.717, 1.165) is 12.8 Å². The van der Waals surface area contributed by atoms with E-state index in [1.165, 1.54) is 0 Å². The smallest absolute Gasteiger partial charge is 0.0473 e. The van der Waals surface area contributed by atoms with Crippen molar-refractivity contribution in [3.63, 3.8) is 0 Å². The van der Waals surface area contributed by atoms with E-state index in [9.17, 15) is 0 Å². The Morgan fingerprint density at radius 1 is 1.56 bits per heavy atom. The predicted molar refractivity (Wildman–Crippen MR) is 41.6 cm³/mol. The third-order valence-corrected chi connectivity index (χ3v) is 1.69. The van der Waals surface area contributed by atoms with E-state index >= 15 is 0 Å². The van der Waals surface area contributed by atoms with Gasteiger partial charge in [-0.05, 0) is 12.8 Å². The van der Waals surface area contributed by atoms with E-state index in [2.05, 4.69) is 0 Å². The molecule has 0 saturated heterocycles. The Kier molecular flexibility index (Phi) is 5.15. The highest BCUT2D eigenvalue weighted by Gasteiger charge is 2.06. The summed E-state index contributed by atoms with van der Waals surface area (Å²) in [5.74, 6) is 0. The number of alkyl halides is 1. The van der Waals surface area contributed by atoms with Gasteiger partial charge in [0.15, 0.2) is 0 Å². The molecule has 0 aliphatic heterocycles. The maximum atomic E-state index is 5.73. The van der Waals surface area contributed by atoms with Gasteiger partial charge in [0.2, 0.25) is 0 Å². The van der Waals surface area contributed by atoms with Gasteiger partial charge in [0, 0.05) is 18.0 Å². The van der Waals surface area contributed by atoms with Crippen molar-refractivity contribution in [1.29, 1.82) is 0 Å². The first-order valence-electron chi connectivity index (χ1n) is 3.30. The zero-order chi connectivity index (χ0) is 7.28. The SMILES string of the molecule is CCC(N)CC(Cl)CN. The fourth-order valence-corrected chi connectivity index (χ4v) is 0.820. The summed E-state index contributed by atoms with van der Waals surface area (Å²) in [6, 6.07) is 0.219. The molecule has 0 aliphatic carbocycles. The first kappa shape index (κ1) is 9.21. The van der Waals surface area contributed by atoms with Gasteiger partial charge in [-0.25, -0.2) is 0 Å². The molecule has 0 amide bonds. The molecule has 0 heterocycles. The molecular weight excluding hydrogens is 136 g/mol. The largest absolute Gasteiger partial charge is 0.329 e.